The Morgan fingerprint density at radius 3 is 2.71 bits per heavy atom. The van der Waals surface area contributed by atoms with E-state index in [9.17, 15) is 15.0 Å². The number of rotatable bonds is 5. The fourth-order valence-electron chi connectivity index (χ4n) is 1.53. The zero-order valence-electron chi connectivity index (χ0n) is 9.69. The standard InChI is InChI=1S/C12H16ClNO3/c1-2-14(8-4-7-13)12(17)9-5-3-6-10(15)11(9)16/h3,5-6,15-16H,2,4,7-8H2,1H3. The average Bonchev–Trinajstić information content (AvgIpc) is 2.33. The highest BCUT2D eigenvalue weighted by atomic mass is 35.5. The minimum absolute atomic E-state index is 0.112. The summed E-state index contributed by atoms with van der Waals surface area (Å²) in [6.45, 7) is 2.92. The maximum atomic E-state index is 12.1. The maximum Gasteiger partial charge on any atom is 0.257 e. The van der Waals surface area contributed by atoms with Gasteiger partial charge in [0.2, 0.25) is 0 Å². The van der Waals surface area contributed by atoms with Crippen molar-refractivity contribution in [2.24, 2.45) is 0 Å². The van der Waals surface area contributed by atoms with Crippen LogP contribution < -0.4 is 0 Å². The lowest BCUT2D eigenvalue weighted by Crippen LogP contribution is -2.32. The van der Waals surface area contributed by atoms with E-state index in [1.54, 1.807) is 4.90 Å². The number of amides is 1. The second-order valence-electron chi connectivity index (χ2n) is 3.60. The Labute approximate surface area is 105 Å². The Balaban J connectivity index is 2.90. The van der Waals surface area contributed by atoms with E-state index < -0.39 is 0 Å². The monoisotopic (exact) mass is 257 g/mol. The van der Waals surface area contributed by atoms with Gasteiger partial charge >= 0.3 is 0 Å². The van der Waals surface area contributed by atoms with Crippen LogP contribution in [-0.2, 0) is 0 Å². The summed E-state index contributed by atoms with van der Waals surface area (Å²) in [7, 11) is 0. The van der Waals surface area contributed by atoms with Crippen molar-refractivity contribution in [1.29, 1.82) is 0 Å². The molecule has 0 radical (unpaired) electrons. The molecule has 1 aromatic carbocycles. The lowest BCUT2D eigenvalue weighted by molar-refractivity contribution is 0.0761. The largest absolute Gasteiger partial charge is 0.504 e. The van der Waals surface area contributed by atoms with Crippen LogP contribution in [0.25, 0.3) is 0 Å². The fraction of sp³-hybridized carbons (Fsp3) is 0.417. The molecule has 0 heterocycles. The molecule has 5 heteroatoms. The maximum absolute atomic E-state index is 12.1. The van der Waals surface area contributed by atoms with E-state index in [1.807, 2.05) is 6.92 Å². The number of para-hydroxylation sites is 1. The third-order valence-corrected chi connectivity index (χ3v) is 2.74. The molecule has 0 bridgehead atoms. The van der Waals surface area contributed by atoms with Crippen LogP contribution in [0.2, 0.25) is 0 Å². The van der Waals surface area contributed by atoms with Gasteiger partial charge < -0.3 is 15.1 Å². The Kier molecular flexibility index (Phi) is 5.10. The zero-order chi connectivity index (χ0) is 12.8. The van der Waals surface area contributed by atoms with Crippen molar-refractivity contribution >= 4 is 17.5 Å². The van der Waals surface area contributed by atoms with E-state index in [1.165, 1.54) is 18.2 Å². The molecule has 1 rings (SSSR count). The van der Waals surface area contributed by atoms with E-state index in [-0.39, 0.29) is 23.0 Å². The van der Waals surface area contributed by atoms with Gasteiger partial charge in [0.15, 0.2) is 11.5 Å². The van der Waals surface area contributed by atoms with E-state index >= 15 is 0 Å². The first kappa shape index (κ1) is 13.6. The lowest BCUT2D eigenvalue weighted by atomic mass is 10.1. The van der Waals surface area contributed by atoms with Crippen LogP contribution in [0.3, 0.4) is 0 Å². The number of benzene rings is 1. The van der Waals surface area contributed by atoms with E-state index in [0.29, 0.717) is 25.4 Å². The summed E-state index contributed by atoms with van der Waals surface area (Å²) in [5, 5.41) is 19.0. The van der Waals surface area contributed by atoms with Gasteiger partial charge in [0.1, 0.15) is 0 Å². The van der Waals surface area contributed by atoms with E-state index in [2.05, 4.69) is 0 Å². The van der Waals surface area contributed by atoms with Crippen molar-refractivity contribution in [2.75, 3.05) is 19.0 Å². The number of phenolic OH excluding ortho intramolecular Hbond substituents is 2. The van der Waals surface area contributed by atoms with Crippen LogP contribution >= 0.6 is 11.6 Å². The van der Waals surface area contributed by atoms with Crippen LogP contribution in [-0.4, -0.2) is 40.0 Å². The molecule has 0 unspecified atom stereocenters. The molecule has 94 valence electrons. The number of hydrogen-bond donors (Lipinski definition) is 2. The summed E-state index contributed by atoms with van der Waals surface area (Å²) in [5.74, 6) is -0.479. The van der Waals surface area contributed by atoms with Crippen LogP contribution in [0.4, 0.5) is 0 Å². The van der Waals surface area contributed by atoms with Gasteiger partial charge in [-0.2, -0.15) is 0 Å². The fourth-order valence-corrected chi connectivity index (χ4v) is 1.65. The molecule has 0 aliphatic carbocycles. The Morgan fingerprint density at radius 1 is 1.41 bits per heavy atom. The number of aromatic hydroxyl groups is 2. The molecule has 1 amide bonds. The highest BCUT2D eigenvalue weighted by Gasteiger charge is 2.18. The predicted octanol–water partition coefficient (Wildman–Crippen LogP) is 2.19. The summed E-state index contributed by atoms with van der Waals surface area (Å²) in [4.78, 5) is 13.6. The van der Waals surface area contributed by atoms with Crippen LogP contribution in [0.15, 0.2) is 18.2 Å². The van der Waals surface area contributed by atoms with Gasteiger partial charge in [-0.05, 0) is 25.5 Å². The minimum atomic E-state index is -0.373. The first-order valence-corrected chi connectivity index (χ1v) is 6.01. The first-order chi connectivity index (χ1) is 8.11. The average molecular weight is 258 g/mol. The van der Waals surface area contributed by atoms with E-state index in [0.717, 1.165) is 0 Å². The molecule has 4 nitrogen and oxygen atoms in total. The van der Waals surface area contributed by atoms with Gasteiger partial charge in [-0.15, -0.1) is 11.6 Å². The number of phenols is 2. The summed E-state index contributed by atoms with van der Waals surface area (Å²) in [6.07, 6.45) is 0.695. The highest BCUT2D eigenvalue weighted by Crippen LogP contribution is 2.29. The molecule has 0 saturated heterocycles. The molecule has 1 aromatic rings. The quantitative estimate of drug-likeness (QED) is 0.628. The van der Waals surface area contributed by atoms with Gasteiger partial charge in [0.05, 0.1) is 5.56 Å². The number of hydrogen-bond acceptors (Lipinski definition) is 3. The van der Waals surface area contributed by atoms with Crippen molar-refractivity contribution < 1.29 is 15.0 Å². The van der Waals surface area contributed by atoms with Crippen LogP contribution in [0, 0.1) is 0 Å². The summed E-state index contributed by atoms with van der Waals surface area (Å²) < 4.78 is 0. The molecule has 0 atom stereocenters. The zero-order valence-corrected chi connectivity index (χ0v) is 10.4. The predicted molar refractivity (Wildman–Crippen MR) is 66.7 cm³/mol. The van der Waals surface area contributed by atoms with E-state index in [4.69, 9.17) is 11.6 Å². The van der Waals surface area contributed by atoms with Crippen molar-refractivity contribution in [3.8, 4) is 11.5 Å². The Hall–Kier alpha value is -1.42. The smallest absolute Gasteiger partial charge is 0.257 e. The first-order valence-electron chi connectivity index (χ1n) is 5.48. The third kappa shape index (κ3) is 3.27. The molecule has 0 spiro atoms. The lowest BCUT2D eigenvalue weighted by Gasteiger charge is -2.21. The summed E-state index contributed by atoms with van der Waals surface area (Å²) >= 11 is 5.58. The third-order valence-electron chi connectivity index (χ3n) is 2.48. The highest BCUT2D eigenvalue weighted by molar-refractivity contribution is 6.17. The number of carbonyl (C=O) groups is 1. The SMILES string of the molecule is CCN(CCCCl)C(=O)c1cccc(O)c1O. The van der Waals surface area contributed by atoms with Crippen LogP contribution in [0.5, 0.6) is 11.5 Å². The van der Waals surface area contributed by atoms with Gasteiger partial charge in [-0.25, -0.2) is 0 Å². The second kappa shape index (κ2) is 6.35. The number of nitrogens with zero attached hydrogens (tertiary/aromatic N) is 1. The molecular weight excluding hydrogens is 242 g/mol. The number of alkyl halides is 1. The molecule has 2 N–H and O–H groups in total. The molecule has 0 aliphatic rings. The van der Waals surface area contributed by atoms with Gasteiger partial charge in [0.25, 0.3) is 5.91 Å². The molecular formula is C12H16ClNO3. The number of halogens is 1. The van der Waals surface area contributed by atoms with Crippen molar-refractivity contribution in [1.82, 2.24) is 4.90 Å². The van der Waals surface area contributed by atoms with Gasteiger partial charge in [-0.3, -0.25) is 4.79 Å². The van der Waals surface area contributed by atoms with Gasteiger partial charge in [-0.1, -0.05) is 6.07 Å². The Bertz CT molecular complexity index is 395. The summed E-state index contributed by atoms with van der Waals surface area (Å²) in [5.41, 5.74) is 0.112. The minimum Gasteiger partial charge on any atom is -0.504 e. The molecule has 0 fully saturated rings. The normalized spacial score (nSPS) is 10.2. The Morgan fingerprint density at radius 2 is 2.12 bits per heavy atom. The van der Waals surface area contributed by atoms with Crippen molar-refractivity contribution in [3.05, 3.63) is 23.8 Å². The topological polar surface area (TPSA) is 60.8 Å². The molecule has 0 saturated carbocycles. The number of carbonyl (C=O) groups excluding carboxylic acids is 1. The van der Waals surface area contributed by atoms with Crippen molar-refractivity contribution in [3.63, 3.8) is 0 Å². The van der Waals surface area contributed by atoms with Crippen molar-refractivity contribution in [2.45, 2.75) is 13.3 Å². The second-order valence-corrected chi connectivity index (χ2v) is 3.98. The van der Waals surface area contributed by atoms with Crippen LogP contribution in [0.1, 0.15) is 23.7 Å². The molecule has 0 aromatic heterocycles. The molecule has 0 aliphatic heterocycles. The summed E-state index contributed by atoms with van der Waals surface area (Å²) in [6, 6.07) is 4.35. The van der Waals surface area contributed by atoms with Gasteiger partial charge in [0, 0.05) is 19.0 Å². The molecule has 17 heavy (non-hydrogen) atoms.